The zero-order chi connectivity index (χ0) is 84.4. The average molecular weight is 1700 g/mol. The number of aromatic amines is 1. The summed E-state index contributed by atoms with van der Waals surface area (Å²) in [5.74, 6) is 3.48. The number of carbonyl (C=O) groups is 4. The van der Waals surface area contributed by atoms with E-state index in [1.807, 2.05) is 134 Å². The summed E-state index contributed by atoms with van der Waals surface area (Å²) in [6, 6.07) is 37.9. The molecule has 18 rings (SSSR count). The van der Waals surface area contributed by atoms with E-state index < -0.39 is 16.1 Å². The highest BCUT2D eigenvalue weighted by Gasteiger charge is 2.35. The van der Waals surface area contributed by atoms with Crippen LogP contribution in [-0.2, 0) is 61.2 Å². The predicted molar refractivity (Wildman–Crippen MR) is 467 cm³/mol. The van der Waals surface area contributed by atoms with Crippen LogP contribution in [0.4, 0.5) is 14.4 Å². The van der Waals surface area contributed by atoms with E-state index in [0.717, 1.165) is 196 Å². The molecule has 0 atom stereocenters. The normalized spacial score (nSPS) is 16.5. The van der Waals surface area contributed by atoms with E-state index in [1.54, 1.807) is 49.5 Å². The molecule has 5 aliphatic heterocycles. The third kappa shape index (κ3) is 22.8. The number of nitrogens with zero attached hydrogens (tertiary/aromatic N) is 13. The number of pyridine rings is 3. The van der Waals surface area contributed by atoms with Gasteiger partial charge in [-0.15, -0.1) is 0 Å². The number of ether oxygens (including phenoxy) is 8. The number of H-pyrrole nitrogens is 1. The number of furan rings is 3. The van der Waals surface area contributed by atoms with E-state index in [9.17, 15) is 19.2 Å². The minimum absolute atomic E-state index is 0.0955. The van der Waals surface area contributed by atoms with Gasteiger partial charge in [-0.2, -0.15) is 15.3 Å². The van der Waals surface area contributed by atoms with Crippen LogP contribution in [0.1, 0.15) is 74.5 Å². The third-order valence-electron chi connectivity index (χ3n) is 23.1. The van der Waals surface area contributed by atoms with Crippen LogP contribution in [0.3, 0.4) is 0 Å². The van der Waals surface area contributed by atoms with Gasteiger partial charge in [-0.3, -0.25) is 5.10 Å². The van der Waals surface area contributed by atoms with Crippen LogP contribution in [-0.4, -0.2) is 220 Å². The van der Waals surface area contributed by atoms with Gasteiger partial charge in [0.2, 0.25) is 17.6 Å². The van der Waals surface area contributed by atoms with Crippen LogP contribution >= 0.6 is 0 Å². The van der Waals surface area contributed by atoms with Crippen LogP contribution in [0, 0.1) is 0 Å². The van der Waals surface area contributed by atoms with Crippen LogP contribution in [0.25, 0.3) is 66.7 Å². The van der Waals surface area contributed by atoms with Gasteiger partial charge in [0.15, 0.2) is 0 Å². The number of nitrogens with one attached hydrogen (secondary N) is 1. The molecule has 1 aliphatic carbocycles. The highest BCUT2D eigenvalue weighted by atomic mass is 28.3. The largest absolute Gasteiger partial charge is 0.464 e. The Morgan fingerprint density at radius 2 is 0.852 bits per heavy atom. The molecule has 0 bridgehead atoms. The van der Waals surface area contributed by atoms with Crippen molar-refractivity contribution in [2.24, 2.45) is 0 Å². The zero-order valence-corrected chi connectivity index (χ0v) is 72.5. The Kier molecular flexibility index (Phi) is 28.4. The number of carbonyl (C=O) groups excluding carboxylic acids is 4. The maximum atomic E-state index is 11.9. The van der Waals surface area contributed by atoms with Crippen molar-refractivity contribution in [2.75, 3.05) is 91.9 Å². The molecule has 5 saturated heterocycles. The zero-order valence-electron chi connectivity index (χ0n) is 70.5. The van der Waals surface area contributed by atoms with Gasteiger partial charge >= 0.3 is 18.3 Å². The van der Waals surface area contributed by atoms with E-state index in [1.165, 1.54) is 43.2 Å². The number of aromatic nitrogens is 9. The summed E-state index contributed by atoms with van der Waals surface area (Å²) >= 11 is 0. The molecule has 3 aromatic carbocycles. The minimum Gasteiger partial charge on any atom is -0.464 e. The lowest BCUT2D eigenvalue weighted by Crippen LogP contribution is -2.45. The summed E-state index contributed by atoms with van der Waals surface area (Å²) in [4.78, 5) is 69.6. The van der Waals surface area contributed by atoms with Crippen LogP contribution in [0.15, 0.2) is 178 Å². The molecular weight excluding hydrogens is 1590 g/mol. The Labute approximate surface area is 711 Å². The van der Waals surface area contributed by atoms with Gasteiger partial charge in [0, 0.05) is 205 Å². The first-order chi connectivity index (χ1) is 59.3. The van der Waals surface area contributed by atoms with Gasteiger partial charge in [0.25, 0.3) is 0 Å². The molecule has 3 amide bonds. The Balaban J connectivity index is 0.000000134. The van der Waals surface area contributed by atoms with Crippen molar-refractivity contribution < 1.29 is 70.3 Å². The molecule has 6 aliphatic rings. The molecule has 1 saturated carbocycles. The van der Waals surface area contributed by atoms with Gasteiger partial charge < -0.3 is 80.4 Å². The molecule has 642 valence electrons. The number of cyclic esters (lactones) is 3. The molecular formula is C91H110N14O15Si2. The average Bonchev–Trinajstić information content (AvgIpc) is 1.65. The third-order valence-corrected chi connectivity index (χ3v) is 26.5. The molecule has 0 spiro atoms. The van der Waals surface area contributed by atoms with E-state index in [2.05, 4.69) is 90.5 Å². The lowest BCUT2D eigenvalue weighted by molar-refractivity contribution is -0.107. The van der Waals surface area contributed by atoms with Crippen molar-refractivity contribution in [3.63, 3.8) is 0 Å². The van der Waals surface area contributed by atoms with Crippen LogP contribution in [0.2, 0.25) is 51.4 Å². The Hall–Kier alpha value is -11.5. The number of hydrogen-bond acceptors (Lipinski definition) is 23. The summed E-state index contributed by atoms with van der Waals surface area (Å²) in [6.07, 6.45) is 28.7. The predicted octanol–water partition coefficient (Wildman–Crippen LogP) is 18.0. The van der Waals surface area contributed by atoms with Gasteiger partial charge in [-0.25, -0.2) is 38.7 Å². The summed E-state index contributed by atoms with van der Waals surface area (Å²) in [6.45, 7) is 26.2. The van der Waals surface area contributed by atoms with Gasteiger partial charge in [0.1, 0.15) is 73.6 Å². The SMILES string of the molecule is C[Si](C)(C)CCOCn1nccc1-c1ccc(Oc2ccc3c(CC=O)coc3c2)nc1.C[Si](C)(C)CCOCn1nccc1-c1ccc(Oc2ccc3c(CCN4CCC(N5CCOC5=O)CC4)coc3c2)nc1.O=C1OCCN1C1CCCCC1.O=C1OCCN1C1CCN(CCc2coc3cc(Oc4ccc(-c5ccn[nH]5)cn4)ccc23)CC1. The number of rotatable bonds is 30. The second kappa shape index (κ2) is 40.5. The van der Waals surface area contributed by atoms with E-state index in [0.29, 0.717) is 98.3 Å². The molecule has 29 nitrogen and oxygen atoms in total. The number of likely N-dealkylation sites (tertiary alicyclic amines) is 2. The van der Waals surface area contributed by atoms with Gasteiger partial charge in [-0.1, -0.05) is 58.5 Å². The monoisotopic (exact) mass is 1690 g/mol. The number of aldehydes is 1. The molecule has 31 heteroatoms. The quantitative estimate of drug-likeness (QED) is 0.0189. The molecule has 0 unspecified atom stereocenters. The van der Waals surface area contributed by atoms with Crippen molar-refractivity contribution in [1.29, 1.82) is 0 Å². The summed E-state index contributed by atoms with van der Waals surface area (Å²) < 4.78 is 65.7. The van der Waals surface area contributed by atoms with E-state index >= 15 is 0 Å². The van der Waals surface area contributed by atoms with Crippen LogP contribution < -0.4 is 14.2 Å². The lowest BCUT2D eigenvalue weighted by Gasteiger charge is -2.35. The smallest absolute Gasteiger partial charge is 0.410 e. The first-order valence-corrected chi connectivity index (χ1v) is 50.1. The fraction of sp³-hybridized carbons (Fsp3) is 0.429. The second-order valence-corrected chi connectivity index (χ2v) is 45.3. The number of piperidine rings is 2. The lowest BCUT2D eigenvalue weighted by atomic mass is 9.94. The highest BCUT2D eigenvalue weighted by molar-refractivity contribution is 6.76. The number of benzene rings is 3. The van der Waals surface area contributed by atoms with Crippen LogP contribution in [0.5, 0.6) is 34.9 Å². The second-order valence-electron chi connectivity index (χ2n) is 34.0. The minimum atomic E-state index is -1.13. The summed E-state index contributed by atoms with van der Waals surface area (Å²) in [5.41, 5.74) is 11.2. The molecule has 9 aromatic heterocycles. The van der Waals surface area contributed by atoms with E-state index in [4.69, 9.17) is 51.1 Å². The number of hydrogen-bond donors (Lipinski definition) is 1. The van der Waals surface area contributed by atoms with Crippen molar-refractivity contribution in [2.45, 2.75) is 160 Å². The van der Waals surface area contributed by atoms with E-state index in [-0.39, 0.29) is 18.3 Å². The standard InChI is InChI=1S/C32H41N5O5Si.C26H27N5O4.C24H27N3O4Si.C9H15NO2/c1-43(2,3)19-18-39-23-37-29(8-12-34-37)24-4-7-31(33-21-24)42-27-5-6-28-25(22-41-30(28)20-27)9-13-35-14-10-26(11-15-35)36-16-17-40-32(36)38;32-26-31(13-14-33-26)20-7-11-30(12-8-20)10-6-19-17-34-24-15-21(2-3-22(19)24)35-25-4-1-18(16-27-25)23-5-9-28-29-23;1-32(2,3)13-12-29-17-27-22(8-10-26-27)18-4-7-24(25-15-18)31-20-5-6-21-19(9-11-28)16-30-23(21)14-20;11-9-10(6-7-12-9)8-4-2-1-3-5-8/h4-8,12,20-22,26H,9-11,13-19,23H2,1-3H3;1-5,9,15-17,20H,6-8,10-14H2,(H,28,29);4-8,10-11,14-16H,9,12-13,17H2,1-3H3;8H,1-7H2. The van der Waals surface area contributed by atoms with Gasteiger partial charge in [0.05, 0.1) is 55.5 Å². The fourth-order valence-electron chi connectivity index (χ4n) is 16.1. The Morgan fingerprint density at radius 3 is 1.22 bits per heavy atom. The molecule has 0 radical (unpaired) electrons. The topological polar surface area (TPSA) is 301 Å². The summed E-state index contributed by atoms with van der Waals surface area (Å²) in [7, 11) is -2.24. The first kappa shape index (κ1) is 85.5. The van der Waals surface area contributed by atoms with Crippen molar-refractivity contribution in [3.8, 4) is 68.7 Å². The maximum Gasteiger partial charge on any atom is 0.410 e. The number of amides is 3. The molecule has 6 fully saturated rings. The fourth-order valence-corrected chi connectivity index (χ4v) is 17.6. The number of fused-ring (bicyclic) bond motifs is 3. The Morgan fingerprint density at radius 1 is 0.451 bits per heavy atom. The summed E-state index contributed by atoms with van der Waals surface area (Å²) in [5, 5.41) is 18.8. The highest BCUT2D eigenvalue weighted by Crippen LogP contribution is 2.35. The van der Waals surface area contributed by atoms with Crippen molar-refractivity contribution in [3.05, 3.63) is 182 Å². The van der Waals surface area contributed by atoms with Crippen molar-refractivity contribution in [1.82, 2.24) is 69.2 Å². The molecule has 1 N–H and O–H groups in total. The maximum absolute atomic E-state index is 11.9. The molecule has 12 aromatic rings. The van der Waals surface area contributed by atoms with Crippen molar-refractivity contribution >= 4 is 73.6 Å². The van der Waals surface area contributed by atoms with Gasteiger partial charge in [-0.05, 0) is 147 Å². The first-order valence-electron chi connectivity index (χ1n) is 42.7. The Bertz CT molecular complexity index is 5390. The molecule has 122 heavy (non-hydrogen) atoms. The molecule has 14 heterocycles.